The first kappa shape index (κ1) is 18.4. The maximum Gasteiger partial charge on any atom is 0.222 e. The van der Waals surface area contributed by atoms with E-state index in [1.807, 2.05) is 17.0 Å². The zero-order chi connectivity index (χ0) is 18.4. The van der Waals surface area contributed by atoms with Gasteiger partial charge < -0.3 is 9.80 Å². The Bertz CT molecular complexity index is 712. The number of nitrogens with zero attached hydrogens (tertiary/aromatic N) is 2. The number of halogens is 1. The lowest BCUT2D eigenvalue weighted by atomic mass is 10.1. The van der Waals surface area contributed by atoms with Crippen LogP contribution in [0.3, 0.4) is 0 Å². The second kappa shape index (κ2) is 8.84. The lowest BCUT2D eigenvalue weighted by molar-refractivity contribution is -0.130. The highest BCUT2D eigenvalue weighted by Crippen LogP contribution is 2.17. The number of rotatable bonds is 5. The molecular weight excluding hydrogens is 327 g/mol. The minimum atomic E-state index is -0.215. The second-order valence-electron chi connectivity index (χ2n) is 6.87. The molecule has 0 bridgehead atoms. The number of anilines is 1. The molecule has 1 amide bonds. The van der Waals surface area contributed by atoms with Crippen LogP contribution < -0.4 is 4.90 Å². The number of carbonyl (C=O) groups is 1. The second-order valence-corrected chi connectivity index (χ2v) is 6.87. The fourth-order valence-electron chi connectivity index (χ4n) is 3.43. The highest BCUT2D eigenvalue weighted by atomic mass is 19.1. The van der Waals surface area contributed by atoms with Crippen molar-refractivity contribution in [2.45, 2.75) is 32.6 Å². The molecule has 0 spiro atoms. The van der Waals surface area contributed by atoms with E-state index in [-0.39, 0.29) is 11.7 Å². The molecule has 1 aliphatic rings. The maximum absolute atomic E-state index is 13.1. The highest BCUT2D eigenvalue weighted by molar-refractivity contribution is 5.76. The largest absolute Gasteiger partial charge is 0.370 e. The highest BCUT2D eigenvalue weighted by Gasteiger charge is 2.19. The molecule has 138 valence electrons. The average Bonchev–Trinajstić information content (AvgIpc) is 2.93. The predicted octanol–water partition coefficient (Wildman–Crippen LogP) is 4.06. The molecule has 1 aliphatic heterocycles. The van der Waals surface area contributed by atoms with Crippen molar-refractivity contribution >= 4 is 11.6 Å². The molecule has 0 aliphatic carbocycles. The summed E-state index contributed by atoms with van der Waals surface area (Å²) in [6, 6.07) is 15.2. The Kier molecular flexibility index (Phi) is 6.26. The summed E-state index contributed by atoms with van der Waals surface area (Å²) < 4.78 is 13.1. The number of carbonyl (C=O) groups excluding carboxylic acids is 1. The van der Waals surface area contributed by atoms with Gasteiger partial charge in [0.1, 0.15) is 5.82 Å². The van der Waals surface area contributed by atoms with Gasteiger partial charge in [0.15, 0.2) is 0 Å². The summed E-state index contributed by atoms with van der Waals surface area (Å²) in [5.74, 6) is 0.0119. The van der Waals surface area contributed by atoms with Gasteiger partial charge in [0, 0.05) is 38.3 Å². The third-order valence-electron chi connectivity index (χ3n) is 5.10. The fraction of sp³-hybridized carbons (Fsp3) is 0.409. The van der Waals surface area contributed by atoms with E-state index < -0.39 is 0 Å². The first-order valence-corrected chi connectivity index (χ1v) is 9.52. The van der Waals surface area contributed by atoms with E-state index in [2.05, 4.69) is 36.1 Å². The van der Waals surface area contributed by atoms with Crippen molar-refractivity contribution in [1.29, 1.82) is 0 Å². The Hall–Kier alpha value is -2.36. The standard InChI is InChI=1S/C22H27FN2O/c1-2-18-4-6-19(7-5-18)8-13-22(26)25-15-3-14-24(16-17-25)21-11-9-20(23)10-12-21/h4-7,9-12H,2-3,8,13-17H2,1H3. The molecule has 3 nitrogen and oxygen atoms in total. The van der Waals surface area contributed by atoms with Gasteiger partial charge in [-0.05, 0) is 54.7 Å². The fourth-order valence-corrected chi connectivity index (χ4v) is 3.43. The molecule has 0 aromatic heterocycles. The van der Waals surface area contributed by atoms with E-state index in [0.29, 0.717) is 6.42 Å². The van der Waals surface area contributed by atoms with Crippen LogP contribution in [0.5, 0.6) is 0 Å². The lowest BCUT2D eigenvalue weighted by Gasteiger charge is -2.23. The Morgan fingerprint density at radius 3 is 2.31 bits per heavy atom. The molecule has 1 fully saturated rings. The molecule has 0 saturated carbocycles. The molecule has 3 rings (SSSR count). The summed E-state index contributed by atoms with van der Waals surface area (Å²) in [6.45, 7) is 5.36. The first-order valence-electron chi connectivity index (χ1n) is 9.52. The van der Waals surface area contributed by atoms with Crippen LogP contribution in [0.4, 0.5) is 10.1 Å². The molecule has 0 radical (unpaired) electrons. The van der Waals surface area contributed by atoms with Crippen LogP contribution in [0, 0.1) is 5.82 Å². The molecule has 0 N–H and O–H groups in total. The van der Waals surface area contributed by atoms with E-state index in [4.69, 9.17) is 0 Å². The zero-order valence-electron chi connectivity index (χ0n) is 15.5. The summed E-state index contributed by atoms with van der Waals surface area (Å²) in [5.41, 5.74) is 3.57. The summed E-state index contributed by atoms with van der Waals surface area (Å²) in [4.78, 5) is 16.8. The van der Waals surface area contributed by atoms with Gasteiger partial charge in [-0.15, -0.1) is 0 Å². The molecule has 0 unspecified atom stereocenters. The summed E-state index contributed by atoms with van der Waals surface area (Å²) >= 11 is 0. The smallest absolute Gasteiger partial charge is 0.222 e. The normalized spacial score (nSPS) is 15.0. The van der Waals surface area contributed by atoms with Gasteiger partial charge in [-0.1, -0.05) is 31.2 Å². The van der Waals surface area contributed by atoms with Crippen LogP contribution in [-0.2, 0) is 17.6 Å². The van der Waals surface area contributed by atoms with Crippen molar-refractivity contribution in [2.24, 2.45) is 0 Å². The van der Waals surface area contributed by atoms with E-state index >= 15 is 0 Å². The van der Waals surface area contributed by atoms with Gasteiger partial charge in [-0.3, -0.25) is 4.79 Å². The van der Waals surface area contributed by atoms with Crippen molar-refractivity contribution in [3.63, 3.8) is 0 Å². The van der Waals surface area contributed by atoms with Crippen LogP contribution in [0.15, 0.2) is 48.5 Å². The van der Waals surface area contributed by atoms with Crippen LogP contribution in [0.1, 0.15) is 30.9 Å². The number of aryl methyl sites for hydroxylation is 2. The molecule has 1 saturated heterocycles. The van der Waals surface area contributed by atoms with Gasteiger partial charge in [0.25, 0.3) is 0 Å². The first-order chi connectivity index (χ1) is 12.7. The third-order valence-corrected chi connectivity index (χ3v) is 5.10. The van der Waals surface area contributed by atoms with Gasteiger partial charge in [-0.2, -0.15) is 0 Å². The summed E-state index contributed by atoms with van der Waals surface area (Å²) in [7, 11) is 0. The molecule has 26 heavy (non-hydrogen) atoms. The van der Waals surface area contributed by atoms with E-state index in [1.54, 1.807) is 0 Å². The quantitative estimate of drug-likeness (QED) is 0.808. The van der Waals surface area contributed by atoms with Gasteiger partial charge in [0.05, 0.1) is 0 Å². The topological polar surface area (TPSA) is 23.6 Å². The summed E-state index contributed by atoms with van der Waals surface area (Å²) in [5, 5.41) is 0. The lowest BCUT2D eigenvalue weighted by Crippen LogP contribution is -2.35. The van der Waals surface area contributed by atoms with Crippen molar-refractivity contribution < 1.29 is 9.18 Å². The predicted molar refractivity (Wildman–Crippen MR) is 104 cm³/mol. The van der Waals surface area contributed by atoms with Crippen LogP contribution >= 0.6 is 0 Å². The van der Waals surface area contributed by atoms with Crippen LogP contribution in [-0.4, -0.2) is 37.0 Å². The van der Waals surface area contributed by atoms with E-state index in [0.717, 1.165) is 51.1 Å². The minimum Gasteiger partial charge on any atom is -0.370 e. The average molecular weight is 354 g/mol. The molecule has 4 heteroatoms. The Labute approximate surface area is 155 Å². The van der Waals surface area contributed by atoms with Gasteiger partial charge >= 0.3 is 0 Å². The molecule has 1 heterocycles. The molecule has 2 aromatic rings. The Morgan fingerprint density at radius 2 is 1.62 bits per heavy atom. The van der Waals surface area contributed by atoms with E-state index in [1.165, 1.54) is 23.3 Å². The number of amides is 1. The number of hydrogen-bond acceptors (Lipinski definition) is 2. The third kappa shape index (κ3) is 4.84. The monoisotopic (exact) mass is 354 g/mol. The Balaban J connectivity index is 1.51. The van der Waals surface area contributed by atoms with Crippen molar-refractivity contribution in [2.75, 3.05) is 31.1 Å². The van der Waals surface area contributed by atoms with Gasteiger partial charge in [-0.25, -0.2) is 4.39 Å². The van der Waals surface area contributed by atoms with Crippen LogP contribution in [0.2, 0.25) is 0 Å². The minimum absolute atomic E-state index is 0.215. The van der Waals surface area contributed by atoms with Gasteiger partial charge in [0.2, 0.25) is 5.91 Å². The maximum atomic E-state index is 13.1. The summed E-state index contributed by atoms with van der Waals surface area (Å²) in [6.07, 6.45) is 3.33. The van der Waals surface area contributed by atoms with Crippen molar-refractivity contribution in [3.05, 3.63) is 65.5 Å². The van der Waals surface area contributed by atoms with Crippen molar-refractivity contribution in [3.8, 4) is 0 Å². The van der Waals surface area contributed by atoms with Crippen LogP contribution in [0.25, 0.3) is 0 Å². The SMILES string of the molecule is CCc1ccc(CCC(=O)N2CCCN(c3ccc(F)cc3)CC2)cc1. The van der Waals surface area contributed by atoms with E-state index in [9.17, 15) is 9.18 Å². The Morgan fingerprint density at radius 1 is 0.923 bits per heavy atom. The zero-order valence-corrected chi connectivity index (χ0v) is 15.5. The number of benzene rings is 2. The number of hydrogen-bond donors (Lipinski definition) is 0. The molecule has 2 aromatic carbocycles. The molecule has 0 atom stereocenters. The molecular formula is C22H27FN2O. The van der Waals surface area contributed by atoms with Crippen molar-refractivity contribution in [1.82, 2.24) is 4.90 Å².